The van der Waals surface area contributed by atoms with E-state index < -0.39 is 0 Å². The first-order valence-corrected chi connectivity index (χ1v) is 6.42. The minimum Gasteiger partial charge on any atom is -0.311 e. The lowest BCUT2D eigenvalue weighted by Gasteiger charge is -2.19. The van der Waals surface area contributed by atoms with Crippen LogP contribution in [-0.4, -0.2) is 24.1 Å². The number of Topliss-reactive ketones (excluding diaryl/α,β-unsaturated/α-hetero) is 1. The van der Waals surface area contributed by atoms with E-state index in [-0.39, 0.29) is 23.0 Å². The van der Waals surface area contributed by atoms with Crippen molar-refractivity contribution in [2.24, 2.45) is 0 Å². The molecule has 0 atom stereocenters. The summed E-state index contributed by atoms with van der Waals surface area (Å²) in [5.74, 6) is -0.0786. The molecule has 0 aliphatic carbocycles. The summed E-state index contributed by atoms with van der Waals surface area (Å²) in [6, 6.07) is 5.44. The molecule has 1 aliphatic rings. The van der Waals surface area contributed by atoms with Gasteiger partial charge in [0.15, 0.2) is 5.78 Å². The predicted octanol–water partition coefficient (Wildman–Crippen LogP) is 2.75. The Kier molecular flexibility index (Phi) is 3.20. The number of carbonyl (C=O) groups excluding carboxylic acids is 2. The normalized spacial score (nSPS) is 16.6. The maximum absolute atomic E-state index is 11.6. The fourth-order valence-electron chi connectivity index (χ4n) is 2.41. The predicted molar refractivity (Wildman–Crippen MR) is 72.5 cm³/mol. The highest BCUT2D eigenvalue weighted by molar-refractivity contribution is 6.30. The van der Waals surface area contributed by atoms with Gasteiger partial charge in [-0.2, -0.15) is 0 Å². The standard InChI is InChI=1S/C14H16ClNO2/c1-9(17)16-8-14(2,3)11-6-10(13(18)7-15)4-5-12(11)16/h4-6H,7-8H2,1-3H3. The third kappa shape index (κ3) is 2.03. The maximum atomic E-state index is 11.6. The lowest BCUT2D eigenvalue weighted by Crippen LogP contribution is -2.31. The van der Waals surface area contributed by atoms with E-state index in [1.165, 1.54) is 0 Å². The van der Waals surface area contributed by atoms with E-state index in [2.05, 4.69) is 13.8 Å². The maximum Gasteiger partial charge on any atom is 0.223 e. The Morgan fingerprint density at radius 3 is 2.61 bits per heavy atom. The Hall–Kier alpha value is -1.35. The van der Waals surface area contributed by atoms with Crippen molar-refractivity contribution in [2.75, 3.05) is 17.3 Å². The lowest BCUT2D eigenvalue weighted by molar-refractivity contribution is -0.116. The van der Waals surface area contributed by atoms with Crippen molar-refractivity contribution in [3.63, 3.8) is 0 Å². The van der Waals surface area contributed by atoms with Gasteiger partial charge in [0.2, 0.25) is 5.91 Å². The number of amides is 1. The van der Waals surface area contributed by atoms with Crippen LogP contribution in [0.4, 0.5) is 5.69 Å². The van der Waals surface area contributed by atoms with E-state index in [1.807, 2.05) is 12.1 Å². The number of fused-ring (bicyclic) bond motifs is 1. The number of hydrogen-bond donors (Lipinski definition) is 0. The molecule has 0 bridgehead atoms. The van der Waals surface area contributed by atoms with Crippen molar-refractivity contribution in [2.45, 2.75) is 26.2 Å². The molecular formula is C14H16ClNO2. The van der Waals surface area contributed by atoms with Crippen molar-refractivity contribution in [1.82, 2.24) is 0 Å². The minimum absolute atomic E-state index is 0.0182. The van der Waals surface area contributed by atoms with E-state index in [9.17, 15) is 9.59 Å². The van der Waals surface area contributed by atoms with Crippen LogP contribution in [0.1, 0.15) is 36.7 Å². The third-order valence-corrected chi connectivity index (χ3v) is 3.64. The quantitative estimate of drug-likeness (QED) is 0.609. The van der Waals surface area contributed by atoms with Crippen LogP contribution in [0.2, 0.25) is 0 Å². The largest absolute Gasteiger partial charge is 0.311 e. The van der Waals surface area contributed by atoms with Crippen LogP contribution in [0.5, 0.6) is 0 Å². The van der Waals surface area contributed by atoms with Crippen molar-refractivity contribution in [3.05, 3.63) is 29.3 Å². The summed E-state index contributed by atoms with van der Waals surface area (Å²) in [4.78, 5) is 25.0. The van der Waals surface area contributed by atoms with Gasteiger partial charge in [-0.25, -0.2) is 0 Å². The summed E-state index contributed by atoms with van der Waals surface area (Å²) in [5, 5.41) is 0. The molecule has 0 unspecified atom stereocenters. The molecule has 0 spiro atoms. The van der Waals surface area contributed by atoms with Gasteiger partial charge in [-0.3, -0.25) is 9.59 Å². The molecule has 3 nitrogen and oxygen atoms in total. The number of nitrogens with zero attached hydrogens (tertiary/aromatic N) is 1. The summed E-state index contributed by atoms with van der Waals surface area (Å²) in [5.41, 5.74) is 2.42. The Morgan fingerprint density at radius 1 is 1.39 bits per heavy atom. The number of ketones is 1. The summed E-state index contributed by atoms with van der Waals surface area (Å²) in [6.45, 7) is 6.35. The van der Waals surface area contributed by atoms with E-state index in [0.29, 0.717) is 12.1 Å². The average molecular weight is 266 g/mol. The molecule has 0 radical (unpaired) electrons. The van der Waals surface area contributed by atoms with E-state index >= 15 is 0 Å². The molecule has 18 heavy (non-hydrogen) atoms. The molecule has 0 saturated heterocycles. The number of hydrogen-bond acceptors (Lipinski definition) is 2. The van der Waals surface area contributed by atoms with Crippen LogP contribution in [0.25, 0.3) is 0 Å². The molecule has 4 heteroatoms. The topological polar surface area (TPSA) is 37.4 Å². The second-order valence-electron chi connectivity index (χ2n) is 5.28. The van der Waals surface area contributed by atoms with Gasteiger partial charge >= 0.3 is 0 Å². The smallest absolute Gasteiger partial charge is 0.223 e. The van der Waals surface area contributed by atoms with Crippen molar-refractivity contribution >= 4 is 29.0 Å². The zero-order chi connectivity index (χ0) is 13.5. The van der Waals surface area contributed by atoms with Gasteiger partial charge < -0.3 is 4.90 Å². The van der Waals surface area contributed by atoms with Crippen LogP contribution >= 0.6 is 11.6 Å². The summed E-state index contributed by atoms with van der Waals surface area (Å²) in [6.07, 6.45) is 0. The van der Waals surface area contributed by atoms with Crippen molar-refractivity contribution in [1.29, 1.82) is 0 Å². The van der Waals surface area contributed by atoms with Gasteiger partial charge in [0.1, 0.15) is 0 Å². The Bertz CT molecular complexity index is 523. The molecule has 1 amide bonds. The van der Waals surface area contributed by atoms with E-state index in [4.69, 9.17) is 11.6 Å². The van der Waals surface area contributed by atoms with Gasteiger partial charge in [0.25, 0.3) is 0 Å². The SMILES string of the molecule is CC(=O)N1CC(C)(C)c2cc(C(=O)CCl)ccc21. The minimum atomic E-state index is -0.135. The van der Waals surface area contributed by atoms with Crippen molar-refractivity contribution in [3.8, 4) is 0 Å². The molecule has 0 saturated carbocycles. The fraction of sp³-hybridized carbons (Fsp3) is 0.429. The molecule has 0 fully saturated rings. The Balaban J connectivity index is 2.52. The van der Waals surface area contributed by atoms with Crippen LogP contribution in [0.3, 0.4) is 0 Å². The van der Waals surface area contributed by atoms with Crippen LogP contribution in [0.15, 0.2) is 18.2 Å². The zero-order valence-corrected chi connectivity index (χ0v) is 11.5. The van der Waals surface area contributed by atoms with Crippen molar-refractivity contribution < 1.29 is 9.59 Å². The Labute approximate surface area is 112 Å². The molecule has 1 aliphatic heterocycles. The molecule has 0 aromatic heterocycles. The first kappa shape index (κ1) is 13.1. The van der Waals surface area contributed by atoms with Crippen LogP contribution in [-0.2, 0) is 10.2 Å². The van der Waals surface area contributed by atoms with E-state index in [0.717, 1.165) is 11.3 Å². The average Bonchev–Trinajstić information content (AvgIpc) is 2.60. The highest BCUT2D eigenvalue weighted by Gasteiger charge is 2.37. The number of benzene rings is 1. The molecule has 1 aromatic carbocycles. The Morgan fingerprint density at radius 2 is 2.06 bits per heavy atom. The number of rotatable bonds is 2. The lowest BCUT2D eigenvalue weighted by atomic mass is 9.86. The number of halogens is 1. The first-order chi connectivity index (χ1) is 8.36. The molecule has 0 N–H and O–H groups in total. The van der Waals surface area contributed by atoms with Gasteiger partial charge in [-0.1, -0.05) is 13.8 Å². The summed E-state index contributed by atoms with van der Waals surface area (Å²) in [7, 11) is 0. The monoisotopic (exact) mass is 265 g/mol. The highest BCUT2D eigenvalue weighted by atomic mass is 35.5. The van der Waals surface area contributed by atoms with Gasteiger partial charge in [-0.15, -0.1) is 11.6 Å². The highest BCUT2D eigenvalue weighted by Crippen LogP contribution is 2.40. The fourth-order valence-corrected chi connectivity index (χ4v) is 2.56. The van der Waals surface area contributed by atoms with Gasteiger partial charge in [-0.05, 0) is 23.8 Å². The molecule has 1 aromatic rings. The van der Waals surface area contributed by atoms with Gasteiger partial charge in [0.05, 0.1) is 5.88 Å². The van der Waals surface area contributed by atoms with Crippen LogP contribution < -0.4 is 4.90 Å². The summed E-state index contributed by atoms with van der Waals surface area (Å²) < 4.78 is 0. The molecule has 1 heterocycles. The summed E-state index contributed by atoms with van der Waals surface area (Å²) >= 11 is 5.57. The molecule has 96 valence electrons. The first-order valence-electron chi connectivity index (χ1n) is 5.88. The van der Waals surface area contributed by atoms with Crippen LogP contribution in [0, 0.1) is 0 Å². The zero-order valence-electron chi connectivity index (χ0n) is 10.8. The second-order valence-corrected chi connectivity index (χ2v) is 5.55. The number of alkyl halides is 1. The molecule has 2 rings (SSSR count). The number of anilines is 1. The second kappa shape index (κ2) is 4.39. The number of carbonyl (C=O) groups is 2. The molecular weight excluding hydrogens is 250 g/mol. The third-order valence-electron chi connectivity index (χ3n) is 3.39. The van der Waals surface area contributed by atoms with E-state index in [1.54, 1.807) is 17.9 Å². The van der Waals surface area contributed by atoms with Gasteiger partial charge in [0, 0.05) is 30.1 Å².